The van der Waals surface area contributed by atoms with Gasteiger partial charge >= 0.3 is 0 Å². The average Bonchev–Trinajstić information content (AvgIpc) is 3.36. The third kappa shape index (κ3) is 5.54. The highest BCUT2D eigenvalue weighted by atomic mass is 32.2. The Hall–Kier alpha value is -2.49. The van der Waals surface area contributed by atoms with Crippen LogP contribution < -0.4 is 5.32 Å². The van der Waals surface area contributed by atoms with Crippen molar-refractivity contribution in [1.82, 2.24) is 13.9 Å². The minimum Gasteiger partial charge on any atom is -0.348 e. The molecule has 3 aromatic rings. The monoisotopic (exact) mass is 486 g/mol. The summed E-state index contributed by atoms with van der Waals surface area (Å²) in [6, 6.07) is 12.6. The summed E-state index contributed by atoms with van der Waals surface area (Å²) in [4.78, 5) is 17.4. The smallest absolute Gasteiger partial charge is 0.229 e. The molecule has 9 heteroatoms. The topological polar surface area (TPSA) is 84.3 Å². The molecule has 7 nitrogen and oxygen atoms in total. The number of piperidine rings is 1. The summed E-state index contributed by atoms with van der Waals surface area (Å²) in [6.07, 6.45) is 3.23. The number of benzene rings is 1. The molecule has 0 bridgehead atoms. The Balaban J connectivity index is 1.40. The van der Waals surface area contributed by atoms with Crippen LogP contribution in [0.25, 0.3) is 11.3 Å². The zero-order valence-electron chi connectivity index (χ0n) is 19.2. The highest BCUT2D eigenvalue weighted by Gasteiger charge is 2.29. The molecule has 176 valence electrons. The third-order valence-electron chi connectivity index (χ3n) is 6.34. The molecule has 0 spiro atoms. The van der Waals surface area contributed by atoms with E-state index in [1.807, 2.05) is 11.4 Å². The summed E-state index contributed by atoms with van der Waals surface area (Å²) in [6.45, 7) is 5.89. The molecule has 1 aliphatic rings. The van der Waals surface area contributed by atoms with Crippen molar-refractivity contribution in [1.29, 1.82) is 0 Å². The minimum atomic E-state index is -3.20. The van der Waals surface area contributed by atoms with Crippen LogP contribution >= 0.6 is 11.3 Å². The Morgan fingerprint density at radius 2 is 1.88 bits per heavy atom. The molecular weight excluding hydrogens is 456 g/mol. The molecule has 0 saturated carbocycles. The molecule has 1 aromatic carbocycles. The predicted molar refractivity (Wildman–Crippen MR) is 133 cm³/mol. The number of amides is 1. The number of rotatable bonds is 7. The number of nitrogens with one attached hydrogen (secondary N) is 1. The van der Waals surface area contributed by atoms with Gasteiger partial charge in [-0.05, 0) is 44.7 Å². The molecular formula is C24H30N4O3S2. The number of anilines is 1. The van der Waals surface area contributed by atoms with E-state index in [1.165, 1.54) is 38.8 Å². The molecule has 0 atom stereocenters. The van der Waals surface area contributed by atoms with E-state index < -0.39 is 10.0 Å². The van der Waals surface area contributed by atoms with Gasteiger partial charge in [-0.15, -0.1) is 11.3 Å². The predicted octanol–water partition coefficient (Wildman–Crippen LogP) is 4.08. The van der Waals surface area contributed by atoms with Crippen molar-refractivity contribution >= 4 is 32.4 Å². The second kappa shape index (κ2) is 9.79. The van der Waals surface area contributed by atoms with Crippen LogP contribution in [0.1, 0.15) is 29.8 Å². The molecule has 0 unspecified atom stereocenters. The van der Waals surface area contributed by atoms with Crippen LogP contribution in [0.5, 0.6) is 0 Å². The maximum Gasteiger partial charge on any atom is 0.229 e. The van der Waals surface area contributed by atoms with Crippen molar-refractivity contribution in [3.63, 3.8) is 0 Å². The highest BCUT2D eigenvalue weighted by Crippen LogP contribution is 2.31. The lowest BCUT2D eigenvalue weighted by molar-refractivity contribution is -0.120. The minimum absolute atomic E-state index is 0.0858. The number of nitrogens with zero attached hydrogens (tertiary/aromatic N) is 3. The quantitative estimate of drug-likeness (QED) is 0.545. The highest BCUT2D eigenvalue weighted by molar-refractivity contribution is 7.88. The summed E-state index contributed by atoms with van der Waals surface area (Å²) in [7, 11) is -3.20. The first-order chi connectivity index (χ1) is 15.7. The molecule has 1 saturated heterocycles. The lowest BCUT2D eigenvalue weighted by Gasteiger charge is -2.29. The number of aromatic nitrogens is 2. The summed E-state index contributed by atoms with van der Waals surface area (Å²) < 4.78 is 27.1. The van der Waals surface area contributed by atoms with Crippen molar-refractivity contribution in [2.75, 3.05) is 24.7 Å². The number of hydrogen-bond acceptors (Lipinski definition) is 5. The Morgan fingerprint density at radius 3 is 2.55 bits per heavy atom. The Labute approximate surface area is 199 Å². The van der Waals surface area contributed by atoms with Crippen LogP contribution in [0.3, 0.4) is 0 Å². The standard InChI is InChI=1S/C24H30N4O3S2/c1-17-15-21(18(2)28(17)14-9-19-7-5-4-6-8-19)22-16-32-24(25-22)26-23(29)20-10-12-27(13-11-20)33(3,30)31/h4-8,15-16,20H,9-14H2,1-3H3,(H,25,26,29). The number of aryl methyl sites for hydroxylation is 2. The van der Waals surface area contributed by atoms with E-state index in [-0.39, 0.29) is 11.8 Å². The van der Waals surface area contributed by atoms with E-state index in [0.717, 1.165) is 24.2 Å². The molecule has 1 amide bonds. The van der Waals surface area contributed by atoms with Crippen molar-refractivity contribution in [3.8, 4) is 11.3 Å². The van der Waals surface area contributed by atoms with Gasteiger partial charge in [-0.1, -0.05) is 30.3 Å². The van der Waals surface area contributed by atoms with Gasteiger partial charge < -0.3 is 9.88 Å². The second-order valence-corrected chi connectivity index (χ2v) is 11.5. The Bertz CT molecular complexity index is 1220. The van der Waals surface area contributed by atoms with Gasteiger partial charge in [-0.3, -0.25) is 4.79 Å². The van der Waals surface area contributed by atoms with Crippen molar-refractivity contribution in [2.24, 2.45) is 5.92 Å². The van der Waals surface area contributed by atoms with E-state index >= 15 is 0 Å². The number of hydrogen-bond donors (Lipinski definition) is 1. The fourth-order valence-corrected chi connectivity index (χ4v) is 5.99. The molecule has 1 aliphatic heterocycles. The SMILES string of the molecule is Cc1cc(-c2csc(NC(=O)C3CCN(S(C)(=O)=O)CC3)n2)c(C)n1CCc1ccccc1. The van der Waals surface area contributed by atoms with Crippen molar-refractivity contribution in [3.05, 3.63) is 58.7 Å². The zero-order chi connectivity index (χ0) is 23.6. The van der Waals surface area contributed by atoms with Crippen LogP contribution in [0, 0.1) is 19.8 Å². The fraction of sp³-hybridized carbons (Fsp3) is 0.417. The summed E-state index contributed by atoms with van der Waals surface area (Å²) in [5, 5.41) is 5.49. The van der Waals surface area contributed by atoms with Crippen molar-refractivity contribution < 1.29 is 13.2 Å². The molecule has 4 rings (SSSR count). The van der Waals surface area contributed by atoms with E-state index in [2.05, 4.69) is 59.0 Å². The molecule has 33 heavy (non-hydrogen) atoms. The van der Waals surface area contributed by atoms with Crippen LogP contribution in [0.4, 0.5) is 5.13 Å². The van der Waals surface area contributed by atoms with Crippen molar-refractivity contribution in [2.45, 2.75) is 39.7 Å². The van der Waals surface area contributed by atoms with Gasteiger partial charge in [0.2, 0.25) is 15.9 Å². The van der Waals surface area contributed by atoms with E-state index in [0.29, 0.717) is 31.1 Å². The van der Waals surface area contributed by atoms with Crippen LogP contribution in [-0.4, -0.2) is 47.5 Å². The normalized spacial score (nSPS) is 15.6. The van der Waals surface area contributed by atoms with E-state index in [4.69, 9.17) is 0 Å². The summed E-state index contributed by atoms with van der Waals surface area (Å²) in [5.41, 5.74) is 5.61. The summed E-state index contributed by atoms with van der Waals surface area (Å²) >= 11 is 1.42. The maximum absolute atomic E-state index is 12.7. The van der Waals surface area contributed by atoms with Gasteiger partial charge in [0.25, 0.3) is 0 Å². The molecule has 3 heterocycles. The molecule has 0 aliphatic carbocycles. The number of carbonyl (C=O) groups is 1. The van der Waals surface area contributed by atoms with Gasteiger partial charge in [0.05, 0.1) is 11.9 Å². The van der Waals surface area contributed by atoms with Gasteiger partial charge in [0, 0.05) is 47.9 Å². The second-order valence-electron chi connectivity index (χ2n) is 8.64. The zero-order valence-corrected chi connectivity index (χ0v) is 20.9. The Morgan fingerprint density at radius 1 is 1.18 bits per heavy atom. The molecule has 1 N–H and O–H groups in total. The first kappa shape index (κ1) is 23.7. The van der Waals surface area contributed by atoms with Gasteiger partial charge in [-0.2, -0.15) is 0 Å². The lowest BCUT2D eigenvalue weighted by Crippen LogP contribution is -2.40. The van der Waals surface area contributed by atoms with E-state index in [9.17, 15) is 13.2 Å². The average molecular weight is 487 g/mol. The van der Waals surface area contributed by atoms with Gasteiger partial charge in [0.15, 0.2) is 5.13 Å². The largest absolute Gasteiger partial charge is 0.348 e. The molecule has 1 fully saturated rings. The van der Waals surface area contributed by atoms with Crippen LogP contribution in [0.2, 0.25) is 0 Å². The summed E-state index contributed by atoms with van der Waals surface area (Å²) in [5.74, 6) is -0.282. The van der Waals surface area contributed by atoms with E-state index in [1.54, 1.807) is 0 Å². The lowest BCUT2D eigenvalue weighted by atomic mass is 9.97. The number of thiazole rings is 1. The molecule has 0 radical (unpaired) electrons. The number of sulfonamides is 1. The first-order valence-electron chi connectivity index (χ1n) is 11.1. The molecule has 2 aromatic heterocycles. The number of carbonyl (C=O) groups excluding carboxylic acids is 1. The third-order valence-corrected chi connectivity index (χ3v) is 8.41. The van der Waals surface area contributed by atoms with Gasteiger partial charge in [-0.25, -0.2) is 17.7 Å². The van der Waals surface area contributed by atoms with Crippen LogP contribution in [-0.2, 0) is 27.8 Å². The maximum atomic E-state index is 12.7. The van der Waals surface area contributed by atoms with Crippen LogP contribution in [0.15, 0.2) is 41.8 Å². The van der Waals surface area contributed by atoms with Gasteiger partial charge in [0.1, 0.15) is 0 Å². The Kier molecular flexibility index (Phi) is 7.02. The fourth-order valence-electron chi connectivity index (χ4n) is 4.40. The first-order valence-corrected chi connectivity index (χ1v) is 13.9.